The van der Waals surface area contributed by atoms with Gasteiger partial charge in [0.2, 0.25) is 11.8 Å². The van der Waals surface area contributed by atoms with Crippen LogP contribution in [0.1, 0.15) is 94.2 Å². The molecule has 2 atom stereocenters. The summed E-state index contributed by atoms with van der Waals surface area (Å²) in [5, 5.41) is 6.58. The number of amides is 3. The number of para-hydroxylation sites is 1. The molecule has 1 aromatic heterocycles. The molecule has 1 aliphatic carbocycles. The van der Waals surface area contributed by atoms with Crippen molar-refractivity contribution in [2.75, 3.05) is 13.1 Å². The van der Waals surface area contributed by atoms with Gasteiger partial charge in [0.15, 0.2) is 11.5 Å². The maximum absolute atomic E-state index is 13.3. The van der Waals surface area contributed by atoms with Gasteiger partial charge in [-0.25, -0.2) is 0 Å². The van der Waals surface area contributed by atoms with E-state index in [0.29, 0.717) is 43.7 Å². The molecule has 212 valence electrons. The first-order chi connectivity index (χ1) is 18.7. The van der Waals surface area contributed by atoms with Crippen LogP contribution in [0.2, 0.25) is 0 Å². The summed E-state index contributed by atoms with van der Waals surface area (Å²) < 4.78 is 5.79. The fourth-order valence-corrected chi connectivity index (χ4v) is 5.94. The van der Waals surface area contributed by atoms with Gasteiger partial charge in [0.05, 0.1) is 12.6 Å². The molecule has 4 rings (SSSR count). The first-order valence-corrected chi connectivity index (χ1v) is 14.6. The molecule has 1 aromatic carbocycles. The van der Waals surface area contributed by atoms with Gasteiger partial charge >= 0.3 is 0 Å². The van der Waals surface area contributed by atoms with E-state index in [1.165, 1.54) is 32.1 Å². The van der Waals surface area contributed by atoms with Crippen molar-refractivity contribution in [3.8, 4) is 0 Å². The number of hydrogen-bond donors (Lipinski definition) is 2. The predicted octanol–water partition coefficient (Wildman–Crippen LogP) is 4.92. The number of nitrogens with one attached hydrogen (secondary N) is 2. The Kier molecular flexibility index (Phi) is 9.81. The van der Waals surface area contributed by atoms with E-state index in [-0.39, 0.29) is 35.8 Å². The van der Waals surface area contributed by atoms with Gasteiger partial charge in [-0.15, -0.1) is 0 Å². The normalized spacial score (nSPS) is 19.6. The van der Waals surface area contributed by atoms with Crippen LogP contribution in [-0.2, 0) is 14.4 Å². The Hall–Kier alpha value is -3.16. The van der Waals surface area contributed by atoms with Crippen molar-refractivity contribution < 1.29 is 23.6 Å². The van der Waals surface area contributed by atoms with E-state index in [4.69, 9.17) is 4.42 Å². The summed E-state index contributed by atoms with van der Waals surface area (Å²) in [5.74, 6) is -0.0196. The molecule has 8 heteroatoms. The molecule has 1 aliphatic heterocycles. The van der Waals surface area contributed by atoms with Crippen molar-refractivity contribution in [2.24, 2.45) is 11.8 Å². The van der Waals surface area contributed by atoms with E-state index in [1.54, 1.807) is 11.0 Å². The molecule has 0 bridgehead atoms. The summed E-state index contributed by atoms with van der Waals surface area (Å²) >= 11 is 0. The fourth-order valence-electron chi connectivity index (χ4n) is 5.94. The number of hydrogen-bond acceptors (Lipinski definition) is 5. The Morgan fingerprint density at radius 3 is 2.51 bits per heavy atom. The van der Waals surface area contributed by atoms with Gasteiger partial charge < -0.3 is 20.0 Å². The van der Waals surface area contributed by atoms with Crippen LogP contribution < -0.4 is 10.6 Å². The Morgan fingerprint density at radius 1 is 1.05 bits per heavy atom. The number of ketones is 1. The SMILES string of the molecule is Cc1c(C(=O)N[C@@H](CC(C)C)C(=O)NC2CCCN(C(=O)CCC3CCCCC3)CC2=O)oc2ccccc12. The highest BCUT2D eigenvalue weighted by atomic mass is 16.3. The van der Waals surface area contributed by atoms with Crippen LogP contribution >= 0.6 is 0 Å². The molecule has 2 N–H and O–H groups in total. The van der Waals surface area contributed by atoms with E-state index in [1.807, 2.05) is 39.0 Å². The molecule has 2 fully saturated rings. The van der Waals surface area contributed by atoms with Crippen molar-refractivity contribution in [3.63, 3.8) is 0 Å². The molecular formula is C31H43N3O5. The van der Waals surface area contributed by atoms with Crippen molar-refractivity contribution in [2.45, 2.75) is 97.1 Å². The number of nitrogens with zero attached hydrogens (tertiary/aromatic N) is 1. The first-order valence-electron chi connectivity index (χ1n) is 14.6. The summed E-state index contributed by atoms with van der Waals surface area (Å²) in [7, 11) is 0. The van der Waals surface area contributed by atoms with Crippen LogP contribution in [0.3, 0.4) is 0 Å². The average Bonchev–Trinajstić information content (AvgIpc) is 3.15. The van der Waals surface area contributed by atoms with Gasteiger partial charge in [0.25, 0.3) is 5.91 Å². The molecular weight excluding hydrogens is 494 g/mol. The molecule has 3 amide bonds. The summed E-state index contributed by atoms with van der Waals surface area (Å²) in [4.78, 5) is 54.1. The third-order valence-electron chi connectivity index (χ3n) is 8.20. The minimum Gasteiger partial charge on any atom is -0.451 e. The third kappa shape index (κ3) is 7.49. The Bertz CT molecular complexity index is 1180. The van der Waals surface area contributed by atoms with E-state index in [2.05, 4.69) is 10.6 Å². The second-order valence-corrected chi connectivity index (χ2v) is 11.7. The number of rotatable bonds is 9. The zero-order valence-electron chi connectivity index (χ0n) is 23.6. The van der Waals surface area contributed by atoms with E-state index < -0.39 is 18.0 Å². The molecule has 1 unspecified atom stereocenters. The van der Waals surface area contributed by atoms with Crippen molar-refractivity contribution in [1.29, 1.82) is 0 Å². The smallest absolute Gasteiger partial charge is 0.287 e. The molecule has 0 radical (unpaired) electrons. The molecule has 1 saturated heterocycles. The molecule has 39 heavy (non-hydrogen) atoms. The lowest BCUT2D eigenvalue weighted by Gasteiger charge is -2.24. The van der Waals surface area contributed by atoms with Crippen LogP contribution in [0.25, 0.3) is 11.0 Å². The monoisotopic (exact) mass is 537 g/mol. The quantitative estimate of drug-likeness (QED) is 0.472. The van der Waals surface area contributed by atoms with Crippen LogP contribution in [0.15, 0.2) is 28.7 Å². The Labute approximate surface area is 231 Å². The standard InChI is InChI=1S/C31H43N3O5/c1-20(2)18-25(33-31(38)29-21(3)23-12-7-8-14-27(23)39-29)30(37)32-24-13-9-17-34(19-26(24)35)28(36)16-15-22-10-5-4-6-11-22/h7-8,12,14,20,22,24-25H,4-6,9-11,13,15-19H2,1-3H3,(H,32,37)(H,33,38)/t24?,25-/m0/s1. The van der Waals surface area contributed by atoms with Gasteiger partial charge in [0.1, 0.15) is 11.6 Å². The number of likely N-dealkylation sites (tertiary alicyclic amines) is 1. The summed E-state index contributed by atoms with van der Waals surface area (Å²) in [6, 6.07) is 5.94. The molecule has 0 spiro atoms. The summed E-state index contributed by atoms with van der Waals surface area (Å²) in [6.07, 6.45) is 9.10. The maximum Gasteiger partial charge on any atom is 0.287 e. The largest absolute Gasteiger partial charge is 0.451 e. The lowest BCUT2D eigenvalue weighted by molar-refractivity contribution is -0.136. The molecule has 2 aliphatic rings. The lowest BCUT2D eigenvalue weighted by Crippen LogP contribution is -2.52. The number of fused-ring (bicyclic) bond motifs is 1. The summed E-state index contributed by atoms with van der Waals surface area (Å²) in [5.41, 5.74) is 1.34. The number of aryl methyl sites for hydroxylation is 1. The second-order valence-electron chi connectivity index (χ2n) is 11.7. The molecule has 2 aromatic rings. The van der Waals surface area contributed by atoms with Crippen molar-refractivity contribution in [3.05, 3.63) is 35.6 Å². The minimum absolute atomic E-state index is 0.0217. The van der Waals surface area contributed by atoms with Gasteiger partial charge in [-0.1, -0.05) is 64.2 Å². The highest BCUT2D eigenvalue weighted by Crippen LogP contribution is 2.28. The zero-order chi connectivity index (χ0) is 27.9. The number of furan rings is 1. The van der Waals surface area contributed by atoms with Crippen molar-refractivity contribution >= 4 is 34.5 Å². The highest BCUT2D eigenvalue weighted by Gasteiger charge is 2.32. The van der Waals surface area contributed by atoms with E-state index >= 15 is 0 Å². The third-order valence-corrected chi connectivity index (χ3v) is 8.20. The Balaban J connectivity index is 1.35. The van der Waals surface area contributed by atoms with Crippen LogP contribution in [0.4, 0.5) is 0 Å². The zero-order valence-corrected chi connectivity index (χ0v) is 23.6. The lowest BCUT2D eigenvalue weighted by atomic mass is 9.86. The molecule has 2 heterocycles. The molecule has 1 saturated carbocycles. The van der Waals surface area contributed by atoms with Crippen molar-refractivity contribution in [1.82, 2.24) is 15.5 Å². The van der Waals surface area contributed by atoms with E-state index in [9.17, 15) is 19.2 Å². The topological polar surface area (TPSA) is 109 Å². The number of carbonyl (C=O) groups excluding carboxylic acids is 4. The van der Waals surface area contributed by atoms with Crippen LogP contribution in [0, 0.1) is 18.8 Å². The fraction of sp³-hybridized carbons (Fsp3) is 0.613. The predicted molar refractivity (Wildman–Crippen MR) is 150 cm³/mol. The van der Waals surface area contributed by atoms with Gasteiger partial charge in [-0.2, -0.15) is 0 Å². The van der Waals surface area contributed by atoms with E-state index in [0.717, 1.165) is 17.4 Å². The number of carbonyl (C=O) groups is 4. The molecule has 8 nitrogen and oxygen atoms in total. The highest BCUT2D eigenvalue weighted by molar-refractivity contribution is 6.01. The van der Waals surface area contributed by atoms with Gasteiger partial charge in [-0.3, -0.25) is 19.2 Å². The van der Waals surface area contributed by atoms with Gasteiger partial charge in [0, 0.05) is 23.9 Å². The second kappa shape index (κ2) is 13.3. The van der Waals surface area contributed by atoms with Gasteiger partial charge in [-0.05, 0) is 50.5 Å². The number of benzene rings is 1. The maximum atomic E-state index is 13.3. The average molecular weight is 538 g/mol. The van der Waals surface area contributed by atoms with Crippen LogP contribution in [-0.4, -0.2) is 53.6 Å². The van der Waals surface area contributed by atoms with Crippen LogP contribution in [0.5, 0.6) is 0 Å². The number of Topliss-reactive ketones (excluding diaryl/α,β-unsaturated/α-hetero) is 1. The summed E-state index contributed by atoms with van der Waals surface area (Å²) in [6.45, 7) is 6.33. The minimum atomic E-state index is -0.811. The first kappa shape index (κ1) is 28.8. The Morgan fingerprint density at radius 2 is 1.79 bits per heavy atom.